The maximum atomic E-state index is 11.6. The average Bonchev–Trinajstić information content (AvgIpc) is 2.37. The van der Waals surface area contributed by atoms with Gasteiger partial charge in [0.15, 0.2) is 6.61 Å². The van der Waals surface area contributed by atoms with Crippen LogP contribution in [0.25, 0.3) is 0 Å². The molecule has 1 rings (SSSR count). The minimum Gasteiger partial charge on any atom is -0.455 e. The Balaban J connectivity index is 2.62. The third-order valence-corrected chi connectivity index (χ3v) is 2.91. The maximum Gasteiger partial charge on any atom is 0.308 e. The molecular formula is C12H13BrN2O5. The zero-order valence-electron chi connectivity index (χ0n) is 10.9. The lowest BCUT2D eigenvalue weighted by Crippen LogP contribution is -2.23. The van der Waals surface area contributed by atoms with Gasteiger partial charge in [0.05, 0.1) is 16.5 Å². The summed E-state index contributed by atoms with van der Waals surface area (Å²) in [5.74, 6) is -1.30. The largest absolute Gasteiger partial charge is 0.455 e. The monoisotopic (exact) mass is 344 g/mol. The molecule has 108 valence electrons. The predicted octanol–water partition coefficient (Wildman–Crippen LogP) is 2.50. The molecule has 1 aromatic rings. The Labute approximate surface area is 123 Å². The molecule has 0 aliphatic heterocycles. The zero-order valence-corrected chi connectivity index (χ0v) is 12.5. The highest BCUT2D eigenvalue weighted by molar-refractivity contribution is 9.10. The molecule has 0 bridgehead atoms. The number of carbonyl (C=O) groups is 2. The minimum absolute atomic E-state index is 0.0962. The van der Waals surface area contributed by atoms with Crippen molar-refractivity contribution in [2.45, 2.75) is 13.8 Å². The van der Waals surface area contributed by atoms with Gasteiger partial charge in [-0.15, -0.1) is 0 Å². The Hall–Kier alpha value is -1.96. The van der Waals surface area contributed by atoms with Gasteiger partial charge in [-0.05, 0) is 22.0 Å². The lowest BCUT2D eigenvalue weighted by Gasteiger charge is -2.09. The summed E-state index contributed by atoms with van der Waals surface area (Å²) in [5.41, 5.74) is 0.266. The van der Waals surface area contributed by atoms with Gasteiger partial charge < -0.3 is 10.1 Å². The highest BCUT2D eigenvalue weighted by Crippen LogP contribution is 2.26. The molecule has 0 heterocycles. The molecule has 7 nitrogen and oxygen atoms in total. The Morgan fingerprint density at radius 2 is 2.10 bits per heavy atom. The molecule has 1 aromatic carbocycles. The molecule has 0 aromatic heterocycles. The molecule has 1 amide bonds. The van der Waals surface area contributed by atoms with Crippen LogP contribution >= 0.6 is 15.9 Å². The van der Waals surface area contributed by atoms with E-state index in [1.165, 1.54) is 18.2 Å². The zero-order chi connectivity index (χ0) is 15.3. The van der Waals surface area contributed by atoms with E-state index < -0.39 is 23.4 Å². The van der Waals surface area contributed by atoms with Crippen molar-refractivity contribution in [3.63, 3.8) is 0 Å². The van der Waals surface area contributed by atoms with Crippen LogP contribution in [0.1, 0.15) is 13.8 Å². The van der Waals surface area contributed by atoms with E-state index in [4.69, 9.17) is 4.74 Å². The summed E-state index contributed by atoms with van der Waals surface area (Å²) < 4.78 is 5.14. The number of ether oxygens (including phenoxy) is 1. The van der Waals surface area contributed by atoms with E-state index in [-0.39, 0.29) is 11.6 Å². The maximum absolute atomic E-state index is 11.6. The number of carbonyl (C=O) groups excluding carboxylic acids is 2. The van der Waals surface area contributed by atoms with Crippen molar-refractivity contribution in [1.29, 1.82) is 0 Å². The predicted molar refractivity (Wildman–Crippen MR) is 75.2 cm³/mol. The molecule has 0 aliphatic rings. The van der Waals surface area contributed by atoms with Crippen LogP contribution < -0.4 is 5.32 Å². The van der Waals surface area contributed by atoms with Gasteiger partial charge in [-0.25, -0.2) is 0 Å². The summed E-state index contributed by atoms with van der Waals surface area (Å²) in [7, 11) is 0. The minimum atomic E-state index is -0.541. The highest BCUT2D eigenvalue weighted by Gasteiger charge is 2.14. The number of nitrogens with one attached hydrogen (secondary N) is 1. The second-order valence-corrected chi connectivity index (χ2v) is 5.09. The van der Waals surface area contributed by atoms with Gasteiger partial charge in [0.2, 0.25) is 0 Å². The number of anilines is 1. The van der Waals surface area contributed by atoms with Crippen molar-refractivity contribution >= 4 is 39.2 Å². The molecule has 0 radical (unpaired) electrons. The fourth-order valence-corrected chi connectivity index (χ4v) is 1.67. The second kappa shape index (κ2) is 6.99. The average molecular weight is 345 g/mol. The summed E-state index contributed by atoms with van der Waals surface area (Å²) in [6.45, 7) is 2.92. The first kappa shape index (κ1) is 16.1. The third kappa shape index (κ3) is 4.61. The molecule has 0 fully saturated rings. The number of hydrogen-bond donors (Lipinski definition) is 1. The number of benzene rings is 1. The fraction of sp³-hybridized carbons (Fsp3) is 0.333. The van der Waals surface area contributed by atoms with E-state index in [1.54, 1.807) is 13.8 Å². The van der Waals surface area contributed by atoms with Crippen LogP contribution in [0, 0.1) is 16.0 Å². The summed E-state index contributed by atoms with van der Waals surface area (Å²) >= 11 is 3.12. The lowest BCUT2D eigenvalue weighted by atomic mass is 10.2. The first-order valence-electron chi connectivity index (χ1n) is 5.71. The number of halogens is 1. The van der Waals surface area contributed by atoms with E-state index in [0.717, 1.165) is 0 Å². The normalized spacial score (nSPS) is 10.2. The second-order valence-electron chi connectivity index (χ2n) is 4.23. The van der Waals surface area contributed by atoms with Crippen LogP contribution in [-0.2, 0) is 14.3 Å². The number of amides is 1. The van der Waals surface area contributed by atoms with Crippen LogP contribution in [0.5, 0.6) is 0 Å². The standard InChI is InChI=1S/C12H13BrN2O5/c1-7(2)12(17)20-6-11(16)14-10-4-3-8(15(18)19)5-9(10)13/h3-5,7H,6H2,1-2H3,(H,14,16). The van der Waals surface area contributed by atoms with Gasteiger partial charge >= 0.3 is 5.97 Å². The van der Waals surface area contributed by atoms with E-state index in [9.17, 15) is 19.7 Å². The van der Waals surface area contributed by atoms with Gasteiger partial charge in [0.25, 0.3) is 11.6 Å². The van der Waals surface area contributed by atoms with Gasteiger partial charge in [-0.1, -0.05) is 13.8 Å². The van der Waals surface area contributed by atoms with Gasteiger partial charge in [-0.3, -0.25) is 19.7 Å². The van der Waals surface area contributed by atoms with E-state index in [0.29, 0.717) is 10.2 Å². The Morgan fingerprint density at radius 1 is 1.45 bits per heavy atom. The van der Waals surface area contributed by atoms with Crippen molar-refractivity contribution in [1.82, 2.24) is 0 Å². The van der Waals surface area contributed by atoms with E-state index in [1.807, 2.05) is 0 Å². The number of rotatable bonds is 5. The molecule has 1 N–H and O–H groups in total. The number of hydrogen-bond acceptors (Lipinski definition) is 5. The number of nitrogens with zero attached hydrogens (tertiary/aromatic N) is 1. The first-order valence-corrected chi connectivity index (χ1v) is 6.51. The highest BCUT2D eigenvalue weighted by atomic mass is 79.9. The van der Waals surface area contributed by atoms with E-state index >= 15 is 0 Å². The molecule has 20 heavy (non-hydrogen) atoms. The number of non-ortho nitro benzene ring substituents is 1. The van der Waals surface area contributed by atoms with Crippen molar-refractivity contribution < 1.29 is 19.2 Å². The van der Waals surface area contributed by atoms with Crippen molar-refractivity contribution in [2.75, 3.05) is 11.9 Å². The summed E-state index contributed by atoms with van der Waals surface area (Å²) in [6, 6.07) is 3.93. The molecule has 0 unspecified atom stereocenters. The Kier molecular flexibility index (Phi) is 5.63. The molecule has 0 spiro atoms. The Morgan fingerprint density at radius 3 is 2.60 bits per heavy atom. The number of nitro benzene ring substituents is 1. The summed E-state index contributed by atoms with van der Waals surface area (Å²) in [4.78, 5) is 32.8. The van der Waals surface area contributed by atoms with Crippen LogP contribution in [-0.4, -0.2) is 23.4 Å². The van der Waals surface area contributed by atoms with Crippen molar-refractivity contribution in [2.24, 2.45) is 5.92 Å². The SMILES string of the molecule is CC(C)C(=O)OCC(=O)Nc1ccc([N+](=O)[O-])cc1Br. The van der Waals surface area contributed by atoms with Crippen LogP contribution in [0.15, 0.2) is 22.7 Å². The molecule has 0 aliphatic carbocycles. The third-order valence-electron chi connectivity index (χ3n) is 2.25. The van der Waals surface area contributed by atoms with Crippen LogP contribution in [0.4, 0.5) is 11.4 Å². The smallest absolute Gasteiger partial charge is 0.308 e. The Bertz CT molecular complexity index is 545. The first-order chi connectivity index (χ1) is 9.31. The van der Waals surface area contributed by atoms with Crippen molar-refractivity contribution in [3.05, 3.63) is 32.8 Å². The quantitative estimate of drug-likeness (QED) is 0.502. The fourth-order valence-electron chi connectivity index (χ4n) is 1.21. The summed E-state index contributed by atoms with van der Waals surface area (Å²) in [6.07, 6.45) is 0. The van der Waals surface area contributed by atoms with Crippen LogP contribution in [0.2, 0.25) is 0 Å². The molecule has 0 saturated heterocycles. The van der Waals surface area contributed by atoms with Crippen LogP contribution in [0.3, 0.4) is 0 Å². The van der Waals surface area contributed by atoms with E-state index in [2.05, 4.69) is 21.2 Å². The number of esters is 1. The van der Waals surface area contributed by atoms with Crippen molar-refractivity contribution in [3.8, 4) is 0 Å². The number of nitro groups is 1. The summed E-state index contributed by atoms with van der Waals surface area (Å²) in [5, 5.41) is 13.1. The molecule has 8 heteroatoms. The topological polar surface area (TPSA) is 98.5 Å². The molecular weight excluding hydrogens is 332 g/mol. The van der Waals surface area contributed by atoms with Gasteiger partial charge in [-0.2, -0.15) is 0 Å². The lowest BCUT2D eigenvalue weighted by molar-refractivity contribution is -0.384. The molecule has 0 atom stereocenters. The molecule has 0 saturated carbocycles. The van der Waals surface area contributed by atoms with Gasteiger partial charge in [0.1, 0.15) is 0 Å². The van der Waals surface area contributed by atoms with Gasteiger partial charge in [0, 0.05) is 16.6 Å².